The lowest BCUT2D eigenvalue weighted by Gasteiger charge is -2.10. The van der Waals surface area contributed by atoms with E-state index in [4.69, 9.17) is 16.3 Å². The number of ether oxygens (including phenoxy) is 1. The Morgan fingerprint density at radius 2 is 2.19 bits per heavy atom. The van der Waals surface area contributed by atoms with Gasteiger partial charge in [0, 0.05) is 5.02 Å². The van der Waals surface area contributed by atoms with Crippen molar-refractivity contribution in [2.24, 2.45) is 0 Å². The van der Waals surface area contributed by atoms with Crippen molar-refractivity contribution in [3.63, 3.8) is 0 Å². The number of hydrogen-bond donors (Lipinski definition) is 1. The van der Waals surface area contributed by atoms with Gasteiger partial charge in [-0.15, -0.1) is 0 Å². The number of aliphatic hydroxyl groups excluding tert-OH is 1. The summed E-state index contributed by atoms with van der Waals surface area (Å²) in [6.45, 7) is 1.99. The molecule has 90 valence electrons. The van der Waals surface area contributed by atoms with Crippen molar-refractivity contribution in [2.75, 3.05) is 7.11 Å². The van der Waals surface area contributed by atoms with Crippen molar-refractivity contribution in [1.82, 2.24) is 0 Å². The summed E-state index contributed by atoms with van der Waals surface area (Å²) in [6, 6.07) is 5.64. The number of halogens is 1. The van der Waals surface area contributed by atoms with E-state index in [1.165, 1.54) is 0 Å². The van der Waals surface area contributed by atoms with E-state index in [1.807, 2.05) is 25.1 Å². The monoisotopic (exact) mass is 242 g/mol. The molecule has 1 rings (SSSR count). The van der Waals surface area contributed by atoms with Crippen LogP contribution in [0.25, 0.3) is 0 Å². The zero-order chi connectivity index (χ0) is 12.0. The molecule has 2 nitrogen and oxygen atoms in total. The fourth-order valence-electron chi connectivity index (χ4n) is 1.67. The van der Waals surface area contributed by atoms with Crippen LogP contribution in [0.2, 0.25) is 5.02 Å². The molecule has 0 aliphatic rings. The van der Waals surface area contributed by atoms with E-state index < -0.39 is 0 Å². The van der Waals surface area contributed by atoms with Gasteiger partial charge >= 0.3 is 0 Å². The van der Waals surface area contributed by atoms with Crippen LogP contribution < -0.4 is 4.74 Å². The SMILES string of the molecule is CCC(O)CCCc1cc(Cl)ccc1OC. The molecule has 0 saturated carbocycles. The highest BCUT2D eigenvalue weighted by atomic mass is 35.5. The van der Waals surface area contributed by atoms with Gasteiger partial charge in [0.15, 0.2) is 0 Å². The maximum absolute atomic E-state index is 9.46. The first-order chi connectivity index (χ1) is 7.67. The average molecular weight is 243 g/mol. The van der Waals surface area contributed by atoms with Gasteiger partial charge in [-0.25, -0.2) is 0 Å². The second-order valence-electron chi connectivity index (χ2n) is 3.91. The summed E-state index contributed by atoms with van der Waals surface area (Å²) < 4.78 is 5.26. The minimum Gasteiger partial charge on any atom is -0.496 e. The smallest absolute Gasteiger partial charge is 0.122 e. The van der Waals surface area contributed by atoms with Crippen LogP contribution in [0.4, 0.5) is 0 Å². The van der Waals surface area contributed by atoms with Crippen LogP contribution in [0.3, 0.4) is 0 Å². The lowest BCUT2D eigenvalue weighted by Crippen LogP contribution is -2.04. The molecule has 1 N–H and O–H groups in total. The highest BCUT2D eigenvalue weighted by Gasteiger charge is 2.05. The summed E-state index contributed by atoms with van der Waals surface area (Å²) in [7, 11) is 1.66. The van der Waals surface area contributed by atoms with Gasteiger partial charge in [0.25, 0.3) is 0 Å². The Bertz CT molecular complexity index is 326. The van der Waals surface area contributed by atoms with Gasteiger partial charge in [0.2, 0.25) is 0 Å². The van der Waals surface area contributed by atoms with Crippen molar-refractivity contribution in [3.05, 3.63) is 28.8 Å². The molecule has 1 aromatic rings. The van der Waals surface area contributed by atoms with E-state index in [-0.39, 0.29) is 6.10 Å². The molecule has 0 amide bonds. The molecule has 0 aliphatic heterocycles. The second kappa shape index (κ2) is 6.77. The Kier molecular flexibility index (Phi) is 5.64. The fourth-order valence-corrected chi connectivity index (χ4v) is 1.87. The van der Waals surface area contributed by atoms with Crippen LogP contribution >= 0.6 is 11.6 Å². The number of methoxy groups -OCH3 is 1. The van der Waals surface area contributed by atoms with Crippen LogP contribution in [0.15, 0.2) is 18.2 Å². The molecule has 0 radical (unpaired) electrons. The molecule has 3 heteroatoms. The largest absolute Gasteiger partial charge is 0.496 e. The first-order valence-corrected chi connectivity index (χ1v) is 6.05. The van der Waals surface area contributed by atoms with Gasteiger partial charge in [0.05, 0.1) is 13.2 Å². The predicted molar refractivity (Wildman–Crippen MR) is 67.2 cm³/mol. The maximum Gasteiger partial charge on any atom is 0.122 e. The van der Waals surface area contributed by atoms with E-state index in [1.54, 1.807) is 7.11 Å². The van der Waals surface area contributed by atoms with Crippen molar-refractivity contribution < 1.29 is 9.84 Å². The molecule has 1 atom stereocenters. The Hall–Kier alpha value is -0.730. The average Bonchev–Trinajstić information content (AvgIpc) is 2.29. The molecule has 16 heavy (non-hydrogen) atoms. The Labute approximate surface area is 102 Å². The molecule has 0 saturated heterocycles. The first-order valence-electron chi connectivity index (χ1n) is 5.67. The molecular weight excluding hydrogens is 224 g/mol. The summed E-state index contributed by atoms with van der Waals surface area (Å²) in [4.78, 5) is 0. The zero-order valence-corrected chi connectivity index (χ0v) is 10.6. The van der Waals surface area contributed by atoms with Crippen molar-refractivity contribution in [2.45, 2.75) is 38.7 Å². The van der Waals surface area contributed by atoms with Gasteiger partial charge in [-0.1, -0.05) is 18.5 Å². The van der Waals surface area contributed by atoms with Crippen LogP contribution in [0.1, 0.15) is 31.7 Å². The number of aryl methyl sites for hydroxylation is 1. The minimum absolute atomic E-state index is 0.190. The second-order valence-corrected chi connectivity index (χ2v) is 4.35. The lowest BCUT2D eigenvalue weighted by atomic mass is 10.0. The van der Waals surface area contributed by atoms with Crippen LogP contribution in [-0.2, 0) is 6.42 Å². The zero-order valence-electron chi connectivity index (χ0n) is 9.87. The first kappa shape index (κ1) is 13.3. The normalized spacial score (nSPS) is 12.5. The molecule has 0 bridgehead atoms. The van der Waals surface area contributed by atoms with Crippen molar-refractivity contribution in [3.8, 4) is 5.75 Å². The lowest BCUT2D eigenvalue weighted by molar-refractivity contribution is 0.157. The van der Waals surface area contributed by atoms with Gasteiger partial charge in [-0.2, -0.15) is 0 Å². The Morgan fingerprint density at radius 3 is 2.81 bits per heavy atom. The van der Waals surface area contributed by atoms with Gasteiger partial charge in [-0.05, 0) is 49.4 Å². The quantitative estimate of drug-likeness (QED) is 0.828. The van der Waals surface area contributed by atoms with Crippen molar-refractivity contribution in [1.29, 1.82) is 0 Å². The molecule has 1 aromatic carbocycles. The standard InChI is InChI=1S/C13H19ClO2/c1-3-12(15)6-4-5-10-9-11(14)7-8-13(10)16-2/h7-9,12,15H,3-6H2,1-2H3. The topological polar surface area (TPSA) is 29.5 Å². The molecule has 0 spiro atoms. The van der Waals surface area contributed by atoms with Gasteiger partial charge < -0.3 is 9.84 Å². The van der Waals surface area contributed by atoms with Gasteiger partial charge in [-0.3, -0.25) is 0 Å². The third-order valence-corrected chi connectivity index (χ3v) is 2.93. The molecular formula is C13H19ClO2. The summed E-state index contributed by atoms with van der Waals surface area (Å²) in [6.07, 6.45) is 3.29. The number of benzene rings is 1. The van der Waals surface area contributed by atoms with Crippen LogP contribution in [-0.4, -0.2) is 18.3 Å². The summed E-state index contributed by atoms with van der Waals surface area (Å²) in [5.74, 6) is 0.871. The number of hydrogen-bond acceptors (Lipinski definition) is 2. The van der Waals surface area contributed by atoms with E-state index >= 15 is 0 Å². The van der Waals surface area contributed by atoms with E-state index in [2.05, 4.69) is 0 Å². The molecule has 0 aliphatic carbocycles. The summed E-state index contributed by atoms with van der Waals surface area (Å²) in [5.41, 5.74) is 1.11. The van der Waals surface area contributed by atoms with Crippen LogP contribution in [0.5, 0.6) is 5.75 Å². The van der Waals surface area contributed by atoms with Crippen molar-refractivity contribution >= 4 is 11.6 Å². The molecule has 0 aromatic heterocycles. The highest BCUT2D eigenvalue weighted by Crippen LogP contribution is 2.24. The molecule has 0 heterocycles. The third kappa shape index (κ3) is 4.03. The number of aliphatic hydroxyl groups is 1. The van der Waals surface area contributed by atoms with Crippen LogP contribution in [0, 0.1) is 0 Å². The molecule has 0 fully saturated rings. The summed E-state index contributed by atoms with van der Waals surface area (Å²) >= 11 is 5.94. The maximum atomic E-state index is 9.46. The summed E-state index contributed by atoms with van der Waals surface area (Å²) in [5, 5.41) is 10.2. The predicted octanol–water partition coefficient (Wildman–Crippen LogP) is 3.44. The minimum atomic E-state index is -0.190. The number of rotatable bonds is 6. The Morgan fingerprint density at radius 1 is 1.44 bits per heavy atom. The van der Waals surface area contributed by atoms with Gasteiger partial charge in [0.1, 0.15) is 5.75 Å². The fraction of sp³-hybridized carbons (Fsp3) is 0.538. The molecule has 1 unspecified atom stereocenters. The Balaban J connectivity index is 2.55. The van der Waals surface area contributed by atoms with E-state index in [0.29, 0.717) is 0 Å². The van der Waals surface area contributed by atoms with E-state index in [9.17, 15) is 5.11 Å². The highest BCUT2D eigenvalue weighted by molar-refractivity contribution is 6.30. The van der Waals surface area contributed by atoms with E-state index in [0.717, 1.165) is 42.0 Å². The third-order valence-electron chi connectivity index (χ3n) is 2.70.